The normalized spacial score (nSPS) is 12.7. The van der Waals surface area contributed by atoms with Crippen molar-refractivity contribution in [3.8, 4) is 17.0 Å². The number of nitrogens with zero attached hydrogens (tertiary/aromatic N) is 1. The molecule has 3 N–H and O–H groups in total. The van der Waals surface area contributed by atoms with E-state index in [-0.39, 0.29) is 6.04 Å². The summed E-state index contributed by atoms with van der Waals surface area (Å²) in [6, 6.07) is 5.99. The molecule has 0 aliphatic carbocycles. The Hall–Kier alpha value is -1.81. The molecule has 0 saturated carbocycles. The first kappa shape index (κ1) is 13.6. The third kappa shape index (κ3) is 2.79. The van der Waals surface area contributed by atoms with Crippen LogP contribution >= 0.6 is 0 Å². The molecule has 19 heavy (non-hydrogen) atoms. The highest BCUT2D eigenvalue weighted by Crippen LogP contribution is 2.30. The maximum Gasteiger partial charge on any atom is 0.128 e. The van der Waals surface area contributed by atoms with Crippen molar-refractivity contribution in [3.05, 3.63) is 35.8 Å². The fraction of sp³-hybridized carbons (Fsp3) is 0.400. The molecule has 0 fully saturated rings. The first-order valence-corrected chi connectivity index (χ1v) is 6.48. The van der Waals surface area contributed by atoms with Gasteiger partial charge in [0.25, 0.3) is 0 Å². The van der Waals surface area contributed by atoms with Gasteiger partial charge in [0.1, 0.15) is 11.6 Å². The smallest absolute Gasteiger partial charge is 0.128 e. The molecule has 0 aliphatic rings. The highest BCUT2D eigenvalue weighted by Gasteiger charge is 2.16. The van der Waals surface area contributed by atoms with E-state index in [0.29, 0.717) is 5.92 Å². The molecule has 1 unspecified atom stereocenters. The molecule has 4 nitrogen and oxygen atoms in total. The van der Waals surface area contributed by atoms with Crippen LogP contribution in [0.5, 0.6) is 5.75 Å². The number of aryl methyl sites for hydroxylation is 1. The van der Waals surface area contributed by atoms with Gasteiger partial charge in [-0.25, -0.2) is 4.98 Å². The quantitative estimate of drug-likeness (QED) is 0.887. The second-order valence-corrected chi connectivity index (χ2v) is 5.16. The Bertz CT molecular complexity index is 560. The summed E-state index contributed by atoms with van der Waals surface area (Å²) >= 11 is 0. The fourth-order valence-electron chi connectivity index (χ4n) is 1.99. The van der Waals surface area contributed by atoms with E-state index >= 15 is 0 Å². The first-order chi connectivity index (χ1) is 9.02. The molecule has 1 aromatic carbocycles. The van der Waals surface area contributed by atoms with Gasteiger partial charge >= 0.3 is 0 Å². The second-order valence-electron chi connectivity index (χ2n) is 5.16. The van der Waals surface area contributed by atoms with Crippen molar-refractivity contribution in [3.63, 3.8) is 0 Å². The monoisotopic (exact) mass is 259 g/mol. The highest BCUT2D eigenvalue weighted by molar-refractivity contribution is 5.67. The van der Waals surface area contributed by atoms with Crippen molar-refractivity contribution in [1.29, 1.82) is 0 Å². The molecule has 102 valence electrons. The molecule has 0 spiro atoms. The van der Waals surface area contributed by atoms with Crippen molar-refractivity contribution in [2.45, 2.75) is 26.8 Å². The van der Waals surface area contributed by atoms with Gasteiger partial charge < -0.3 is 15.5 Å². The Morgan fingerprint density at radius 1 is 1.32 bits per heavy atom. The maximum absolute atomic E-state index is 6.10. The zero-order valence-electron chi connectivity index (χ0n) is 11.9. The molecule has 0 radical (unpaired) electrons. The summed E-state index contributed by atoms with van der Waals surface area (Å²) in [5.41, 5.74) is 9.23. The number of benzene rings is 1. The molecule has 0 amide bonds. The van der Waals surface area contributed by atoms with Crippen LogP contribution in [-0.2, 0) is 0 Å². The molecular weight excluding hydrogens is 238 g/mol. The molecule has 0 aliphatic heterocycles. The molecule has 2 aromatic rings. The van der Waals surface area contributed by atoms with Gasteiger partial charge in [0.15, 0.2) is 0 Å². The van der Waals surface area contributed by atoms with Gasteiger partial charge in [-0.2, -0.15) is 0 Å². The average Bonchev–Trinajstić information content (AvgIpc) is 2.87. The minimum absolute atomic E-state index is 0.0791. The highest BCUT2D eigenvalue weighted by atomic mass is 16.5. The lowest BCUT2D eigenvalue weighted by atomic mass is 10.1. The Morgan fingerprint density at radius 2 is 2.05 bits per heavy atom. The van der Waals surface area contributed by atoms with Crippen LogP contribution in [0.2, 0.25) is 0 Å². The number of ether oxygens (including phenoxy) is 1. The van der Waals surface area contributed by atoms with E-state index in [1.165, 1.54) is 5.56 Å². The van der Waals surface area contributed by atoms with Crippen molar-refractivity contribution < 1.29 is 4.74 Å². The second kappa shape index (κ2) is 5.45. The number of methoxy groups -OCH3 is 1. The van der Waals surface area contributed by atoms with Crippen molar-refractivity contribution in [2.24, 2.45) is 11.7 Å². The average molecular weight is 259 g/mol. The number of aromatic amines is 1. The minimum atomic E-state index is -0.0791. The topological polar surface area (TPSA) is 63.9 Å². The van der Waals surface area contributed by atoms with Crippen molar-refractivity contribution in [2.75, 3.05) is 7.11 Å². The van der Waals surface area contributed by atoms with Gasteiger partial charge in [0, 0.05) is 5.56 Å². The molecule has 0 bridgehead atoms. The lowest BCUT2D eigenvalue weighted by Gasteiger charge is -2.12. The summed E-state index contributed by atoms with van der Waals surface area (Å²) in [6.45, 7) is 6.22. The number of hydrogen-bond donors (Lipinski definition) is 2. The largest absolute Gasteiger partial charge is 0.496 e. The van der Waals surface area contributed by atoms with E-state index in [1.807, 2.05) is 18.3 Å². The lowest BCUT2D eigenvalue weighted by molar-refractivity contribution is 0.416. The SMILES string of the molecule is COc1ccc(C)cc1-c1cnc(C(N)C(C)C)[nH]1. The predicted octanol–water partition coefficient (Wildman–Crippen LogP) is 3.05. The van der Waals surface area contributed by atoms with Crippen LogP contribution in [0.3, 0.4) is 0 Å². The van der Waals surface area contributed by atoms with Crippen molar-refractivity contribution >= 4 is 0 Å². The fourth-order valence-corrected chi connectivity index (χ4v) is 1.99. The van der Waals surface area contributed by atoms with E-state index in [9.17, 15) is 0 Å². The molecule has 0 saturated heterocycles. The summed E-state index contributed by atoms with van der Waals surface area (Å²) in [7, 11) is 1.67. The van der Waals surface area contributed by atoms with Crippen LogP contribution in [0.1, 0.15) is 31.3 Å². The van der Waals surface area contributed by atoms with Crippen molar-refractivity contribution in [1.82, 2.24) is 9.97 Å². The third-order valence-electron chi connectivity index (χ3n) is 3.27. The number of imidazole rings is 1. The van der Waals surface area contributed by atoms with Gasteiger partial charge in [0.05, 0.1) is 25.0 Å². The summed E-state index contributed by atoms with van der Waals surface area (Å²) in [4.78, 5) is 7.68. The zero-order valence-corrected chi connectivity index (χ0v) is 11.9. The van der Waals surface area contributed by atoms with E-state index in [0.717, 1.165) is 22.8 Å². The van der Waals surface area contributed by atoms with Gasteiger partial charge in [-0.05, 0) is 25.0 Å². The Balaban J connectivity index is 2.40. The molecule has 2 rings (SSSR count). The van der Waals surface area contributed by atoms with Gasteiger partial charge in [-0.1, -0.05) is 25.5 Å². The first-order valence-electron chi connectivity index (χ1n) is 6.48. The molecule has 1 heterocycles. The predicted molar refractivity (Wildman–Crippen MR) is 77.1 cm³/mol. The third-order valence-corrected chi connectivity index (χ3v) is 3.27. The molecule has 4 heteroatoms. The zero-order chi connectivity index (χ0) is 14.0. The summed E-state index contributed by atoms with van der Waals surface area (Å²) in [5.74, 6) is 1.99. The van der Waals surface area contributed by atoms with E-state index in [1.54, 1.807) is 7.11 Å². The van der Waals surface area contributed by atoms with Crippen LogP contribution in [0.4, 0.5) is 0 Å². The van der Waals surface area contributed by atoms with Crippen LogP contribution in [0, 0.1) is 12.8 Å². The van der Waals surface area contributed by atoms with Crippen LogP contribution in [0.25, 0.3) is 11.3 Å². The van der Waals surface area contributed by atoms with Gasteiger partial charge in [-0.3, -0.25) is 0 Å². The van der Waals surface area contributed by atoms with E-state index in [4.69, 9.17) is 10.5 Å². The number of hydrogen-bond acceptors (Lipinski definition) is 3. The summed E-state index contributed by atoms with van der Waals surface area (Å²) in [6.07, 6.45) is 1.81. The standard InChI is InChI=1S/C15H21N3O/c1-9(2)14(16)15-17-8-12(18-15)11-7-10(3)5-6-13(11)19-4/h5-9,14H,16H2,1-4H3,(H,17,18). The maximum atomic E-state index is 6.10. The van der Waals surface area contributed by atoms with Gasteiger partial charge in [0.2, 0.25) is 0 Å². The molecule has 1 atom stereocenters. The van der Waals surface area contributed by atoms with E-state index in [2.05, 4.69) is 36.8 Å². The Morgan fingerprint density at radius 3 is 2.68 bits per heavy atom. The van der Waals surface area contributed by atoms with E-state index < -0.39 is 0 Å². The number of nitrogens with two attached hydrogens (primary N) is 1. The van der Waals surface area contributed by atoms with Gasteiger partial charge in [-0.15, -0.1) is 0 Å². The number of H-pyrrole nitrogens is 1. The number of rotatable bonds is 4. The summed E-state index contributed by atoms with van der Waals surface area (Å²) < 4.78 is 5.39. The summed E-state index contributed by atoms with van der Waals surface area (Å²) in [5, 5.41) is 0. The number of aromatic nitrogens is 2. The Kier molecular flexibility index (Phi) is 3.90. The van der Waals surface area contributed by atoms with Crippen LogP contribution in [0.15, 0.2) is 24.4 Å². The molecule has 1 aromatic heterocycles. The minimum Gasteiger partial charge on any atom is -0.496 e. The Labute approximate surface area is 114 Å². The number of nitrogens with one attached hydrogen (secondary N) is 1. The lowest BCUT2D eigenvalue weighted by Crippen LogP contribution is -2.18. The van der Waals surface area contributed by atoms with Crippen LogP contribution in [-0.4, -0.2) is 17.1 Å². The van der Waals surface area contributed by atoms with Crippen LogP contribution < -0.4 is 10.5 Å². The molecular formula is C15H21N3O.